The van der Waals surface area contributed by atoms with Gasteiger partial charge in [-0.1, -0.05) is 13.3 Å². The Morgan fingerprint density at radius 1 is 1.58 bits per heavy atom. The molecule has 1 saturated carbocycles. The van der Waals surface area contributed by atoms with E-state index in [1.54, 1.807) is 0 Å². The second-order valence-electron chi connectivity index (χ2n) is 5.35. The van der Waals surface area contributed by atoms with Crippen molar-refractivity contribution in [3.63, 3.8) is 0 Å². The van der Waals surface area contributed by atoms with E-state index < -0.39 is 11.4 Å². The van der Waals surface area contributed by atoms with Crippen LogP contribution in [0.1, 0.15) is 49.9 Å². The van der Waals surface area contributed by atoms with Gasteiger partial charge in [-0.25, -0.2) is 4.39 Å². The average molecular weight is 265 g/mol. The van der Waals surface area contributed by atoms with Crippen molar-refractivity contribution in [2.45, 2.75) is 45.1 Å². The van der Waals surface area contributed by atoms with E-state index in [1.807, 2.05) is 6.92 Å². The average Bonchev–Trinajstić information content (AvgIpc) is 2.38. The molecule has 1 heterocycles. The molecular formula is C15H20FNO2. The summed E-state index contributed by atoms with van der Waals surface area (Å²) in [7, 11) is 0. The van der Waals surface area contributed by atoms with E-state index in [9.17, 15) is 9.18 Å². The fourth-order valence-corrected chi connectivity index (χ4v) is 2.98. The third-order valence-corrected chi connectivity index (χ3v) is 3.76. The Hall–Kier alpha value is -1.29. The summed E-state index contributed by atoms with van der Waals surface area (Å²) >= 11 is 0. The van der Waals surface area contributed by atoms with E-state index in [4.69, 9.17) is 4.74 Å². The van der Waals surface area contributed by atoms with Gasteiger partial charge in [0.15, 0.2) is 5.78 Å². The normalized spacial score (nSPS) is 27.2. The summed E-state index contributed by atoms with van der Waals surface area (Å²) in [5.41, 5.74) is -0.482. The van der Waals surface area contributed by atoms with Gasteiger partial charge in [-0.2, -0.15) is 0 Å². The lowest BCUT2D eigenvalue weighted by molar-refractivity contribution is -0.0512. The van der Waals surface area contributed by atoms with Crippen LogP contribution in [0.5, 0.6) is 0 Å². The van der Waals surface area contributed by atoms with E-state index in [-0.39, 0.29) is 5.78 Å². The number of ether oxygens (including phenoxy) is 1. The molecule has 1 aliphatic rings. The number of pyridine rings is 1. The molecule has 2 unspecified atom stereocenters. The van der Waals surface area contributed by atoms with Gasteiger partial charge >= 0.3 is 0 Å². The second kappa shape index (κ2) is 5.78. The highest BCUT2D eigenvalue weighted by Gasteiger charge is 2.42. The summed E-state index contributed by atoms with van der Waals surface area (Å²) in [6.45, 7) is 4.50. The zero-order valence-corrected chi connectivity index (χ0v) is 11.5. The number of halogens is 1. The molecule has 0 aromatic carbocycles. The minimum atomic E-state index is -0.790. The summed E-state index contributed by atoms with van der Waals surface area (Å²) in [5, 5.41) is 0. The van der Waals surface area contributed by atoms with Crippen molar-refractivity contribution in [1.29, 1.82) is 0 Å². The predicted molar refractivity (Wildman–Crippen MR) is 70.5 cm³/mol. The predicted octanol–water partition coefficient (Wildman–Crippen LogP) is 3.39. The first-order valence-corrected chi connectivity index (χ1v) is 6.87. The Morgan fingerprint density at radius 2 is 2.37 bits per heavy atom. The number of hydrogen-bond acceptors (Lipinski definition) is 3. The Morgan fingerprint density at radius 3 is 3.00 bits per heavy atom. The lowest BCUT2D eigenvalue weighted by Crippen LogP contribution is -2.45. The third kappa shape index (κ3) is 3.00. The highest BCUT2D eigenvalue weighted by molar-refractivity contribution is 6.02. The molecule has 0 amide bonds. The van der Waals surface area contributed by atoms with Crippen LogP contribution in [-0.2, 0) is 4.74 Å². The molecule has 19 heavy (non-hydrogen) atoms. The lowest BCUT2D eigenvalue weighted by Gasteiger charge is -2.38. The number of ketones is 1. The Labute approximate surface area is 113 Å². The van der Waals surface area contributed by atoms with Gasteiger partial charge in [0.2, 0.25) is 0 Å². The quantitative estimate of drug-likeness (QED) is 0.783. The molecular weight excluding hydrogens is 245 g/mol. The molecule has 1 fully saturated rings. The fourth-order valence-electron chi connectivity index (χ4n) is 2.98. The first-order valence-electron chi connectivity index (χ1n) is 6.87. The molecule has 2 rings (SSSR count). The molecule has 1 aromatic rings. The maximum Gasteiger partial charge on any atom is 0.196 e. The molecule has 104 valence electrons. The highest BCUT2D eigenvalue weighted by atomic mass is 19.1. The number of carbonyl (C=O) groups is 1. The standard InChI is InChI=1S/C15H20FNO2/c1-3-19-15(6-4-5-11(2)8-15)14(18)12-7-13(16)10-17-9-12/h7,9-11H,3-6,8H2,1-2H3. The summed E-state index contributed by atoms with van der Waals surface area (Å²) in [6.07, 6.45) is 6.02. The van der Waals surface area contributed by atoms with Crippen LogP contribution in [0.15, 0.2) is 18.5 Å². The van der Waals surface area contributed by atoms with Crippen molar-refractivity contribution >= 4 is 5.78 Å². The number of rotatable bonds is 4. The molecule has 1 aliphatic carbocycles. The Bertz CT molecular complexity index is 459. The van der Waals surface area contributed by atoms with Crippen molar-refractivity contribution in [2.24, 2.45) is 5.92 Å². The molecule has 4 heteroatoms. The van der Waals surface area contributed by atoms with Crippen molar-refractivity contribution in [2.75, 3.05) is 6.61 Å². The topological polar surface area (TPSA) is 39.2 Å². The number of nitrogens with zero attached hydrogens (tertiary/aromatic N) is 1. The van der Waals surface area contributed by atoms with Crippen molar-refractivity contribution in [3.05, 3.63) is 29.8 Å². The molecule has 0 bridgehead atoms. The van der Waals surface area contributed by atoms with E-state index in [0.29, 0.717) is 30.9 Å². The van der Waals surface area contributed by atoms with Gasteiger partial charge in [-0.05, 0) is 38.2 Å². The van der Waals surface area contributed by atoms with Gasteiger partial charge in [0.1, 0.15) is 11.4 Å². The minimum Gasteiger partial charge on any atom is -0.367 e. The first-order chi connectivity index (χ1) is 9.07. The molecule has 0 N–H and O–H groups in total. The van der Waals surface area contributed by atoms with Crippen LogP contribution in [0.25, 0.3) is 0 Å². The van der Waals surface area contributed by atoms with Gasteiger partial charge in [0, 0.05) is 18.4 Å². The molecule has 1 aromatic heterocycles. The number of Topliss-reactive ketones (excluding diaryl/α,β-unsaturated/α-hetero) is 1. The SMILES string of the molecule is CCOC1(C(=O)c2cncc(F)c2)CCCC(C)C1. The van der Waals surface area contributed by atoms with Gasteiger partial charge < -0.3 is 4.74 Å². The molecule has 0 aliphatic heterocycles. The van der Waals surface area contributed by atoms with Gasteiger partial charge in [-0.15, -0.1) is 0 Å². The number of aromatic nitrogens is 1. The highest BCUT2D eigenvalue weighted by Crippen LogP contribution is 2.37. The lowest BCUT2D eigenvalue weighted by atomic mass is 9.75. The second-order valence-corrected chi connectivity index (χ2v) is 5.35. The maximum absolute atomic E-state index is 13.2. The van der Waals surface area contributed by atoms with Crippen molar-refractivity contribution in [1.82, 2.24) is 4.98 Å². The Balaban J connectivity index is 2.30. The molecule has 0 saturated heterocycles. The monoisotopic (exact) mass is 265 g/mol. The van der Waals surface area contributed by atoms with Crippen LogP contribution in [0.4, 0.5) is 4.39 Å². The zero-order valence-electron chi connectivity index (χ0n) is 11.5. The van der Waals surface area contributed by atoms with Gasteiger partial charge in [0.05, 0.1) is 6.20 Å². The molecule has 3 nitrogen and oxygen atoms in total. The van der Waals surface area contributed by atoms with Crippen LogP contribution in [0.2, 0.25) is 0 Å². The maximum atomic E-state index is 13.2. The summed E-state index contributed by atoms with van der Waals surface area (Å²) in [4.78, 5) is 16.4. The molecule has 2 atom stereocenters. The number of hydrogen-bond donors (Lipinski definition) is 0. The zero-order chi connectivity index (χ0) is 13.9. The third-order valence-electron chi connectivity index (χ3n) is 3.76. The summed E-state index contributed by atoms with van der Waals surface area (Å²) < 4.78 is 19.0. The van der Waals surface area contributed by atoms with E-state index in [0.717, 1.165) is 19.0 Å². The first kappa shape index (κ1) is 14.1. The fraction of sp³-hybridized carbons (Fsp3) is 0.600. The number of carbonyl (C=O) groups excluding carboxylic acids is 1. The van der Waals surface area contributed by atoms with Crippen molar-refractivity contribution < 1.29 is 13.9 Å². The van der Waals surface area contributed by atoms with Crippen molar-refractivity contribution in [3.8, 4) is 0 Å². The van der Waals surface area contributed by atoms with Crippen LogP contribution in [-0.4, -0.2) is 23.0 Å². The van der Waals surface area contributed by atoms with Crippen LogP contribution < -0.4 is 0 Å². The van der Waals surface area contributed by atoms with Gasteiger partial charge in [0.25, 0.3) is 0 Å². The van der Waals surface area contributed by atoms with Gasteiger partial charge in [-0.3, -0.25) is 9.78 Å². The van der Waals surface area contributed by atoms with E-state index in [1.165, 1.54) is 12.3 Å². The summed E-state index contributed by atoms with van der Waals surface area (Å²) in [5.74, 6) is -0.167. The molecule has 0 radical (unpaired) electrons. The summed E-state index contributed by atoms with van der Waals surface area (Å²) in [6, 6.07) is 1.25. The van der Waals surface area contributed by atoms with E-state index in [2.05, 4.69) is 11.9 Å². The van der Waals surface area contributed by atoms with Crippen LogP contribution in [0, 0.1) is 11.7 Å². The minimum absolute atomic E-state index is 0.132. The largest absolute Gasteiger partial charge is 0.367 e. The van der Waals surface area contributed by atoms with Crippen LogP contribution in [0.3, 0.4) is 0 Å². The smallest absolute Gasteiger partial charge is 0.196 e. The molecule has 0 spiro atoms. The van der Waals surface area contributed by atoms with E-state index >= 15 is 0 Å². The Kier molecular flexibility index (Phi) is 4.30. The van der Waals surface area contributed by atoms with Crippen LogP contribution >= 0.6 is 0 Å².